The summed E-state index contributed by atoms with van der Waals surface area (Å²) in [6.07, 6.45) is 1.22. The van der Waals surface area contributed by atoms with Crippen molar-refractivity contribution in [2.45, 2.75) is 80.1 Å². The summed E-state index contributed by atoms with van der Waals surface area (Å²) < 4.78 is 0. The van der Waals surface area contributed by atoms with Gasteiger partial charge in [-0.2, -0.15) is 0 Å². The van der Waals surface area contributed by atoms with Gasteiger partial charge < -0.3 is 10.2 Å². The van der Waals surface area contributed by atoms with E-state index in [1.54, 1.807) is 0 Å². The fourth-order valence-corrected chi connectivity index (χ4v) is 7.39. The van der Waals surface area contributed by atoms with Gasteiger partial charge in [-0.05, 0) is 117 Å². The minimum atomic E-state index is 0.258. The molecule has 0 amide bonds. The van der Waals surface area contributed by atoms with E-state index < -0.39 is 0 Å². The molecule has 0 radical (unpaired) electrons. The molecule has 2 N–H and O–H groups in total. The first-order valence-electron chi connectivity index (χ1n) is 16.6. The lowest BCUT2D eigenvalue weighted by molar-refractivity contribution is 0.462. The number of aromatic hydroxyl groups is 2. The van der Waals surface area contributed by atoms with Crippen molar-refractivity contribution in [3.63, 3.8) is 0 Å². The molecule has 0 aliphatic heterocycles. The third-order valence-electron chi connectivity index (χ3n) is 10.2. The van der Waals surface area contributed by atoms with Crippen LogP contribution in [-0.2, 0) is 12.8 Å². The second-order valence-corrected chi connectivity index (χ2v) is 13.8. The first kappa shape index (κ1) is 31.4. The molecule has 0 aromatic heterocycles. The Kier molecular flexibility index (Phi) is 8.42. The van der Waals surface area contributed by atoms with Gasteiger partial charge in [0.15, 0.2) is 0 Å². The van der Waals surface area contributed by atoms with E-state index in [-0.39, 0.29) is 11.5 Å². The molecule has 0 aliphatic rings. The number of rotatable bonds is 7. The average molecular weight is 607 g/mol. The van der Waals surface area contributed by atoms with Gasteiger partial charge in [0.25, 0.3) is 0 Å². The number of fused-ring (bicyclic) bond motifs is 2. The Bertz CT molecular complexity index is 1960. The summed E-state index contributed by atoms with van der Waals surface area (Å²) in [6, 6.07) is 30.2. The van der Waals surface area contributed by atoms with Crippen LogP contribution in [0.2, 0.25) is 0 Å². The summed E-state index contributed by atoms with van der Waals surface area (Å²) in [6.45, 7) is 17.3. The normalized spacial score (nSPS) is 11.8. The second kappa shape index (κ2) is 12.3. The zero-order valence-electron chi connectivity index (χ0n) is 28.5. The van der Waals surface area contributed by atoms with Crippen LogP contribution in [0.5, 0.6) is 11.5 Å². The van der Waals surface area contributed by atoms with Crippen LogP contribution < -0.4 is 0 Å². The lowest BCUT2D eigenvalue weighted by Crippen LogP contribution is -2.04. The Hall–Kier alpha value is -4.56. The molecule has 0 aliphatic carbocycles. The predicted molar refractivity (Wildman–Crippen MR) is 196 cm³/mol. The molecule has 2 heteroatoms. The van der Waals surface area contributed by atoms with Crippen molar-refractivity contribution >= 4 is 21.5 Å². The maximum Gasteiger partial charge on any atom is 0.127 e. The zero-order chi connectivity index (χ0) is 32.9. The first-order valence-corrected chi connectivity index (χ1v) is 16.6. The lowest BCUT2D eigenvalue weighted by atomic mass is 9.83. The Balaban J connectivity index is 1.54. The molecule has 6 aromatic carbocycles. The average Bonchev–Trinajstić information content (AvgIpc) is 3.03. The van der Waals surface area contributed by atoms with Crippen molar-refractivity contribution in [3.05, 3.63) is 141 Å². The highest BCUT2D eigenvalue weighted by atomic mass is 16.3. The second-order valence-electron chi connectivity index (χ2n) is 13.8. The lowest BCUT2D eigenvalue weighted by Gasteiger charge is -2.23. The molecule has 234 valence electrons. The highest BCUT2D eigenvalue weighted by Crippen LogP contribution is 2.47. The van der Waals surface area contributed by atoms with Gasteiger partial charge in [0.1, 0.15) is 11.5 Å². The van der Waals surface area contributed by atoms with E-state index in [0.717, 1.165) is 44.5 Å². The van der Waals surface area contributed by atoms with Gasteiger partial charge in [-0.25, -0.2) is 0 Å². The van der Waals surface area contributed by atoms with Crippen LogP contribution in [0.4, 0.5) is 0 Å². The predicted octanol–water partition coefficient (Wildman–Crippen LogP) is 11.7. The molecule has 0 atom stereocenters. The molecule has 46 heavy (non-hydrogen) atoms. The van der Waals surface area contributed by atoms with Gasteiger partial charge in [-0.15, -0.1) is 0 Å². The Morgan fingerprint density at radius 3 is 1.24 bits per heavy atom. The smallest absolute Gasteiger partial charge is 0.127 e. The Morgan fingerprint density at radius 2 is 0.870 bits per heavy atom. The fraction of sp³-hybridized carbons (Fsp3) is 0.273. The molecule has 0 saturated carbocycles. The topological polar surface area (TPSA) is 40.5 Å². The van der Waals surface area contributed by atoms with Crippen molar-refractivity contribution in [2.75, 3.05) is 0 Å². The molecule has 0 heterocycles. The van der Waals surface area contributed by atoms with E-state index >= 15 is 0 Å². The number of hydrogen-bond donors (Lipinski definition) is 2. The monoisotopic (exact) mass is 606 g/mol. The fourth-order valence-electron chi connectivity index (χ4n) is 7.39. The highest BCUT2D eigenvalue weighted by Gasteiger charge is 2.24. The number of phenolic OH excluding ortho intramolecular Hbond substituents is 2. The number of benzene rings is 6. The summed E-state index contributed by atoms with van der Waals surface area (Å²) in [7, 11) is 0. The SMILES string of the molecule is Cc1cc(Cc2c(C(C)C)ccc3ccccc23)c(O)c(-c2c(C)c(C)cc(Cc3c(C(C)C)ccc4ccccc34)c2O)c1C. The molecule has 0 spiro atoms. The minimum absolute atomic E-state index is 0.258. The third kappa shape index (κ3) is 5.45. The van der Waals surface area contributed by atoms with Gasteiger partial charge in [0.05, 0.1) is 0 Å². The van der Waals surface area contributed by atoms with E-state index in [1.807, 2.05) is 0 Å². The van der Waals surface area contributed by atoms with Crippen molar-refractivity contribution < 1.29 is 10.2 Å². The van der Waals surface area contributed by atoms with Crippen LogP contribution in [-0.4, -0.2) is 10.2 Å². The quantitative estimate of drug-likeness (QED) is 0.190. The molecule has 2 nitrogen and oxygen atoms in total. The molecule has 0 saturated heterocycles. The molecule has 0 unspecified atom stereocenters. The van der Waals surface area contributed by atoms with Gasteiger partial charge in [0.2, 0.25) is 0 Å². The standard InChI is InChI=1S/C44H46O2/c1-25(2)35-19-17-31-13-9-11-15-37(31)39(35)23-33-21-27(5)29(7)41(43(33)45)42-30(8)28(6)22-34(44(42)46)24-40-36(26(3)4)20-18-32-14-10-12-16-38(32)40/h9-22,25-26,45-46H,23-24H2,1-8H3. The van der Waals surface area contributed by atoms with E-state index in [9.17, 15) is 10.2 Å². The van der Waals surface area contributed by atoms with Crippen molar-refractivity contribution in [1.82, 2.24) is 0 Å². The molecule has 0 bridgehead atoms. The Morgan fingerprint density at radius 1 is 0.500 bits per heavy atom. The first-order chi connectivity index (χ1) is 22.0. The summed E-state index contributed by atoms with van der Waals surface area (Å²) in [5.74, 6) is 1.22. The van der Waals surface area contributed by atoms with Crippen LogP contribution in [0.25, 0.3) is 32.7 Å². The van der Waals surface area contributed by atoms with E-state index in [4.69, 9.17) is 0 Å². The van der Waals surface area contributed by atoms with E-state index in [2.05, 4.69) is 140 Å². The van der Waals surface area contributed by atoms with Crippen LogP contribution >= 0.6 is 0 Å². The van der Waals surface area contributed by atoms with Crippen molar-refractivity contribution in [3.8, 4) is 22.6 Å². The van der Waals surface area contributed by atoms with Gasteiger partial charge in [0, 0.05) is 24.0 Å². The van der Waals surface area contributed by atoms with Crippen LogP contribution in [0.1, 0.15) is 95.2 Å². The van der Waals surface area contributed by atoms with Crippen molar-refractivity contribution in [2.24, 2.45) is 0 Å². The van der Waals surface area contributed by atoms with Crippen LogP contribution in [0.15, 0.2) is 84.9 Å². The molecular weight excluding hydrogens is 560 g/mol. The van der Waals surface area contributed by atoms with Crippen LogP contribution in [0, 0.1) is 27.7 Å². The largest absolute Gasteiger partial charge is 0.507 e. The van der Waals surface area contributed by atoms with Gasteiger partial charge in [-0.1, -0.05) is 113 Å². The maximum atomic E-state index is 12.2. The number of aryl methyl sites for hydroxylation is 2. The van der Waals surface area contributed by atoms with E-state index in [0.29, 0.717) is 24.7 Å². The highest BCUT2D eigenvalue weighted by molar-refractivity contribution is 5.90. The van der Waals surface area contributed by atoms with Gasteiger partial charge in [-0.3, -0.25) is 0 Å². The maximum absolute atomic E-state index is 12.2. The third-order valence-corrected chi connectivity index (χ3v) is 10.2. The van der Waals surface area contributed by atoms with Crippen LogP contribution in [0.3, 0.4) is 0 Å². The Labute approximate surface area is 274 Å². The number of hydrogen-bond acceptors (Lipinski definition) is 2. The molecule has 0 fully saturated rings. The van der Waals surface area contributed by atoms with Gasteiger partial charge >= 0.3 is 0 Å². The molecule has 6 rings (SSSR count). The zero-order valence-corrected chi connectivity index (χ0v) is 28.5. The summed E-state index contributed by atoms with van der Waals surface area (Å²) in [5, 5.41) is 29.2. The molecule has 6 aromatic rings. The van der Waals surface area contributed by atoms with Crippen molar-refractivity contribution in [1.29, 1.82) is 0 Å². The summed E-state index contributed by atoms with van der Waals surface area (Å²) >= 11 is 0. The van der Waals surface area contributed by atoms with E-state index in [1.165, 1.54) is 43.8 Å². The summed E-state index contributed by atoms with van der Waals surface area (Å²) in [4.78, 5) is 0. The summed E-state index contributed by atoms with van der Waals surface area (Å²) in [5.41, 5.74) is 12.5. The minimum Gasteiger partial charge on any atom is -0.507 e. The number of phenols is 2. The molecular formula is C44H46O2.